The molecule has 0 saturated carbocycles. The van der Waals surface area contributed by atoms with Crippen LogP contribution in [0.1, 0.15) is 0 Å². The van der Waals surface area contributed by atoms with Crippen LogP contribution in [-0.4, -0.2) is 125 Å². The van der Waals surface area contributed by atoms with Crippen LogP contribution in [0.15, 0.2) is 11.5 Å². The molecule has 10 N–H and O–H groups in total. The Morgan fingerprint density at radius 3 is 1.96 bits per heavy atom. The lowest BCUT2D eigenvalue weighted by molar-refractivity contribution is -0.182. The van der Waals surface area contributed by atoms with Gasteiger partial charge < -0.3 is 60.5 Å². The second-order valence-corrected chi connectivity index (χ2v) is 5.91. The van der Waals surface area contributed by atoms with Gasteiger partial charge in [-0.15, -0.1) is 0 Å². The van der Waals surface area contributed by atoms with E-state index in [0.29, 0.717) is 0 Å². The van der Waals surface area contributed by atoms with Gasteiger partial charge in [-0.05, 0) is 0 Å². The van der Waals surface area contributed by atoms with E-state index in [0.717, 1.165) is 0 Å². The standard InChI is InChI=1S/C14H22O14/c15-1-3(16)5(18)6(19)7(20)8(21)10(23)13(25)27-2-4(17)12-9(22)11(24)14(26)28-12/h3-8,10,12,15-24H,1-2H2/t3-,4+,5-,6+,7-,8-,10-,12-/m1/s1. The highest BCUT2D eigenvalue weighted by atomic mass is 16.6. The van der Waals surface area contributed by atoms with Crippen LogP contribution in [0.25, 0.3) is 0 Å². The molecule has 0 radical (unpaired) electrons. The first-order chi connectivity index (χ1) is 12.9. The molecule has 1 aliphatic heterocycles. The lowest BCUT2D eigenvalue weighted by Gasteiger charge is -2.30. The molecule has 14 nitrogen and oxygen atoms in total. The molecule has 28 heavy (non-hydrogen) atoms. The molecule has 162 valence electrons. The maximum atomic E-state index is 11.7. The third kappa shape index (κ3) is 5.27. The molecule has 0 aromatic carbocycles. The summed E-state index contributed by atoms with van der Waals surface area (Å²) in [5.41, 5.74) is 0. The number of hydrogen-bond donors (Lipinski definition) is 10. The fourth-order valence-electron chi connectivity index (χ4n) is 2.13. The van der Waals surface area contributed by atoms with Gasteiger partial charge in [-0.2, -0.15) is 0 Å². The summed E-state index contributed by atoms with van der Waals surface area (Å²) in [6.45, 7) is -1.98. The lowest BCUT2D eigenvalue weighted by Crippen LogP contribution is -2.54. The van der Waals surface area contributed by atoms with Crippen molar-refractivity contribution in [3.05, 3.63) is 11.5 Å². The van der Waals surface area contributed by atoms with E-state index in [1.807, 2.05) is 0 Å². The second kappa shape index (κ2) is 9.94. The molecule has 0 aromatic heterocycles. The van der Waals surface area contributed by atoms with Gasteiger partial charge >= 0.3 is 11.9 Å². The number of aliphatic hydroxyl groups is 10. The Labute approximate surface area is 156 Å². The number of carbonyl (C=O) groups is 2. The van der Waals surface area contributed by atoms with Crippen LogP contribution in [0.3, 0.4) is 0 Å². The van der Waals surface area contributed by atoms with Gasteiger partial charge in [0.05, 0.1) is 6.61 Å². The predicted molar refractivity (Wildman–Crippen MR) is 82.3 cm³/mol. The van der Waals surface area contributed by atoms with Crippen molar-refractivity contribution in [1.82, 2.24) is 0 Å². The minimum absolute atomic E-state index is 0.984. The monoisotopic (exact) mass is 414 g/mol. The first-order valence-corrected chi connectivity index (χ1v) is 7.81. The molecule has 0 aromatic rings. The molecular weight excluding hydrogens is 392 g/mol. The van der Waals surface area contributed by atoms with Crippen LogP contribution in [-0.2, 0) is 19.1 Å². The maximum Gasteiger partial charge on any atom is 0.377 e. The quantitative estimate of drug-likeness (QED) is 0.149. The van der Waals surface area contributed by atoms with Crippen molar-refractivity contribution < 1.29 is 70.1 Å². The zero-order valence-electron chi connectivity index (χ0n) is 14.1. The normalized spacial score (nSPS) is 24.7. The zero-order valence-corrected chi connectivity index (χ0v) is 14.1. The van der Waals surface area contributed by atoms with Crippen molar-refractivity contribution in [2.45, 2.75) is 48.8 Å². The Kier molecular flexibility index (Phi) is 8.52. The lowest BCUT2D eigenvalue weighted by atomic mass is 9.96. The summed E-state index contributed by atoms with van der Waals surface area (Å²) in [7, 11) is 0. The molecule has 8 atom stereocenters. The summed E-state index contributed by atoms with van der Waals surface area (Å²) in [5.74, 6) is -5.10. The summed E-state index contributed by atoms with van der Waals surface area (Å²) in [6.07, 6.45) is -17.2. The van der Waals surface area contributed by atoms with Gasteiger partial charge in [-0.1, -0.05) is 0 Å². The van der Waals surface area contributed by atoms with E-state index >= 15 is 0 Å². The van der Waals surface area contributed by atoms with E-state index < -0.39 is 85.5 Å². The number of aliphatic hydroxyl groups excluding tert-OH is 10. The fourth-order valence-corrected chi connectivity index (χ4v) is 2.13. The van der Waals surface area contributed by atoms with E-state index in [-0.39, 0.29) is 0 Å². The van der Waals surface area contributed by atoms with Gasteiger partial charge in [0.25, 0.3) is 0 Å². The molecule has 0 fully saturated rings. The number of carbonyl (C=O) groups excluding carboxylic acids is 2. The second-order valence-electron chi connectivity index (χ2n) is 5.91. The third-order valence-corrected chi connectivity index (χ3v) is 3.88. The van der Waals surface area contributed by atoms with Crippen LogP contribution >= 0.6 is 0 Å². The van der Waals surface area contributed by atoms with Crippen molar-refractivity contribution in [3.8, 4) is 0 Å². The summed E-state index contributed by atoms with van der Waals surface area (Å²) in [4.78, 5) is 22.7. The highest BCUT2D eigenvalue weighted by Gasteiger charge is 2.42. The summed E-state index contributed by atoms with van der Waals surface area (Å²) in [6, 6.07) is 0. The molecule has 14 heteroatoms. The Hall–Kier alpha value is -2.04. The van der Waals surface area contributed by atoms with Crippen LogP contribution < -0.4 is 0 Å². The Morgan fingerprint density at radius 2 is 1.50 bits per heavy atom. The first kappa shape index (κ1) is 24.0. The van der Waals surface area contributed by atoms with Crippen LogP contribution in [0, 0.1) is 0 Å². The molecular formula is C14H22O14. The Balaban J connectivity index is 2.61. The van der Waals surface area contributed by atoms with Gasteiger partial charge in [0.2, 0.25) is 5.76 Å². The topological polar surface area (TPSA) is 255 Å². The van der Waals surface area contributed by atoms with Gasteiger partial charge in [0.15, 0.2) is 18.0 Å². The minimum atomic E-state index is -2.49. The largest absolute Gasteiger partial charge is 0.505 e. The SMILES string of the molecule is O=C1O[C@H]([C@@H](O)COC(=O)[C@H](O)[C@H](O)[C@H](O)[C@@H](O)[C@H](O)[C@H](O)CO)C(O)=C1O. The van der Waals surface area contributed by atoms with Crippen molar-refractivity contribution in [2.24, 2.45) is 0 Å². The molecule has 1 heterocycles. The summed E-state index contributed by atoms with van der Waals surface area (Å²) < 4.78 is 8.83. The highest BCUT2D eigenvalue weighted by Crippen LogP contribution is 2.21. The molecule has 1 rings (SSSR count). The van der Waals surface area contributed by atoms with E-state index in [4.69, 9.17) is 10.2 Å². The summed E-state index contributed by atoms with van der Waals surface area (Å²) in [5, 5.41) is 94.0. The fraction of sp³-hybridized carbons (Fsp3) is 0.714. The number of esters is 2. The number of hydrogen-bond acceptors (Lipinski definition) is 14. The molecule has 0 aliphatic carbocycles. The van der Waals surface area contributed by atoms with Crippen LogP contribution in [0.2, 0.25) is 0 Å². The molecule has 0 bridgehead atoms. The highest BCUT2D eigenvalue weighted by molar-refractivity contribution is 5.89. The third-order valence-electron chi connectivity index (χ3n) is 3.88. The average Bonchev–Trinajstić information content (AvgIpc) is 2.95. The minimum Gasteiger partial charge on any atom is -0.505 e. The van der Waals surface area contributed by atoms with Gasteiger partial charge in [-0.3, -0.25) is 0 Å². The van der Waals surface area contributed by atoms with Crippen molar-refractivity contribution >= 4 is 11.9 Å². The zero-order chi connectivity index (χ0) is 21.8. The molecule has 0 spiro atoms. The number of ether oxygens (including phenoxy) is 2. The Bertz CT molecular complexity index is 591. The molecule has 1 aliphatic rings. The maximum absolute atomic E-state index is 11.7. The van der Waals surface area contributed by atoms with E-state index in [9.17, 15) is 50.4 Å². The van der Waals surface area contributed by atoms with E-state index in [2.05, 4.69) is 9.47 Å². The van der Waals surface area contributed by atoms with Gasteiger partial charge in [0.1, 0.15) is 43.2 Å². The van der Waals surface area contributed by atoms with Crippen molar-refractivity contribution in [3.63, 3.8) is 0 Å². The molecule has 0 saturated heterocycles. The average molecular weight is 414 g/mol. The Morgan fingerprint density at radius 1 is 0.964 bits per heavy atom. The smallest absolute Gasteiger partial charge is 0.377 e. The number of cyclic esters (lactones) is 1. The molecule has 0 unspecified atom stereocenters. The van der Waals surface area contributed by atoms with Crippen LogP contribution in [0.4, 0.5) is 0 Å². The van der Waals surface area contributed by atoms with Gasteiger partial charge in [0, 0.05) is 0 Å². The van der Waals surface area contributed by atoms with Crippen molar-refractivity contribution in [2.75, 3.05) is 13.2 Å². The van der Waals surface area contributed by atoms with Crippen LogP contribution in [0.5, 0.6) is 0 Å². The summed E-state index contributed by atoms with van der Waals surface area (Å²) >= 11 is 0. The first-order valence-electron chi connectivity index (χ1n) is 7.81. The predicted octanol–water partition coefficient (Wildman–Crippen LogP) is -5.70. The van der Waals surface area contributed by atoms with E-state index in [1.165, 1.54) is 0 Å². The molecule has 0 amide bonds. The van der Waals surface area contributed by atoms with Crippen molar-refractivity contribution in [1.29, 1.82) is 0 Å². The van der Waals surface area contributed by atoms with Gasteiger partial charge in [-0.25, -0.2) is 9.59 Å². The number of rotatable bonds is 10. The van der Waals surface area contributed by atoms with E-state index in [1.54, 1.807) is 0 Å².